The second-order valence-corrected chi connectivity index (χ2v) is 23.0. The lowest BCUT2D eigenvalue weighted by Gasteiger charge is -2.49. The van der Waals surface area contributed by atoms with Gasteiger partial charge in [-0.2, -0.15) is 0 Å². The molecule has 4 heterocycles. The van der Waals surface area contributed by atoms with E-state index < -0.39 is 105 Å². The number of benzene rings is 2. The van der Waals surface area contributed by atoms with E-state index in [-0.39, 0.29) is 49.1 Å². The molecule has 71 heavy (non-hydrogen) atoms. The Hall–Kier alpha value is -5.11. The summed E-state index contributed by atoms with van der Waals surface area (Å²) in [6.07, 6.45) is 8.93. The summed E-state index contributed by atoms with van der Waals surface area (Å²) in [5.41, 5.74) is -0.982. The molecule has 4 fully saturated rings. The van der Waals surface area contributed by atoms with Crippen LogP contribution in [0.25, 0.3) is 0 Å². The standard InChI is InChI=1S/C58H72N2O10S/c1-33-17-13-25-41(61)31-47(53(65)69-57-43(27-15-19-33)51(63)37(5)35(3)49(57)45(59-55(57)67)29-39-21-9-7-10-22-39)71-48-32-42(62)26-14-18-34(2)20-16-28-44-52(64)38(6)36(4)50-46(30-40-23-11-8-12-24-40)60-56(68)58(44,50)70-54(48)66/h7-12,15-16,21-24,27-28,33-36,43-52,63-64H,5-6,13-14,17-20,25-26,29-32H2,1-4H3,(H,59,67)(H,60,68)/b27-15+,28-16+/t33-,34-,35-,36-,43+,44+,45+,46+,47+,48+,49+,50+,51-,52-,57-,58-/m1/s1. The van der Waals surface area contributed by atoms with Crippen molar-refractivity contribution in [3.8, 4) is 0 Å². The molecule has 2 spiro atoms. The summed E-state index contributed by atoms with van der Waals surface area (Å²) < 4.78 is 13.4. The molecule has 2 aromatic carbocycles. The number of allylic oxidation sites excluding steroid dienone is 2. The minimum Gasteiger partial charge on any atom is -0.447 e. The Balaban J connectivity index is 1.20. The fourth-order valence-electron chi connectivity index (χ4n) is 12.8. The molecule has 4 N–H and O–H groups in total. The normalized spacial score (nSPS) is 39.5. The first-order valence-corrected chi connectivity index (χ1v) is 26.8. The lowest BCUT2D eigenvalue weighted by atomic mass is 9.59. The summed E-state index contributed by atoms with van der Waals surface area (Å²) >= 11 is 0.790. The van der Waals surface area contributed by atoms with Crippen molar-refractivity contribution in [1.29, 1.82) is 0 Å². The predicted molar refractivity (Wildman–Crippen MR) is 272 cm³/mol. The predicted octanol–water partition coefficient (Wildman–Crippen LogP) is 7.55. The quantitative estimate of drug-likeness (QED) is 0.166. The minimum atomic E-state index is -1.95. The van der Waals surface area contributed by atoms with Crippen LogP contribution in [0.3, 0.4) is 0 Å². The Morgan fingerprint density at radius 3 is 1.37 bits per heavy atom. The Labute approximate surface area is 422 Å². The maximum absolute atomic E-state index is 15.4. The van der Waals surface area contributed by atoms with Crippen molar-refractivity contribution >= 4 is 47.1 Å². The van der Waals surface area contributed by atoms with Crippen molar-refractivity contribution < 1.29 is 48.5 Å². The molecule has 2 aliphatic carbocycles. The molecule has 380 valence electrons. The zero-order chi connectivity index (χ0) is 50.8. The fourth-order valence-corrected chi connectivity index (χ4v) is 14.1. The van der Waals surface area contributed by atoms with E-state index in [1.54, 1.807) is 12.2 Å². The number of esters is 2. The number of amides is 2. The third kappa shape index (κ3) is 10.4. The first-order valence-electron chi connectivity index (χ1n) is 25.9. The first kappa shape index (κ1) is 52.2. The van der Waals surface area contributed by atoms with E-state index in [0.29, 0.717) is 62.5 Å². The zero-order valence-electron chi connectivity index (χ0n) is 41.6. The summed E-state index contributed by atoms with van der Waals surface area (Å²) in [6, 6.07) is 18.2. The Morgan fingerprint density at radius 2 is 0.986 bits per heavy atom. The molecule has 2 aromatic rings. The average molecular weight is 989 g/mol. The molecule has 4 aliphatic heterocycles. The van der Waals surface area contributed by atoms with Gasteiger partial charge in [0.1, 0.15) is 22.1 Å². The van der Waals surface area contributed by atoms with Crippen LogP contribution in [0.15, 0.2) is 109 Å². The largest absolute Gasteiger partial charge is 0.447 e. The summed E-state index contributed by atoms with van der Waals surface area (Å²) in [6.45, 7) is 16.5. The number of Topliss-reactive ketones (excluding diaryl/α,β-unsaturated/α-hetero) is 2. The van der Waals surface area contributed by atoms with Crippen LogP contribution in [0.5, 0.6) is 0 Å². The van der Waals surface area contributed by atoms with Gasteiger partial charge in [0.25, 0.3) is 11.8 Å². The molecule has 0 unspecified atom stereocenters. The molecule has 0 bridgehead atoms. The summed E-state index contributed by atoms with van der Waals surface area (Å²) in [5, 5.41) is 27.6. The van der Waals surface area contributed by atoms with E-state index >= 15 is 9.59 Å². The highest BCUT2D eigenvalue weighted by Gasteiger charge is 2.70. The Kier molecular flexibility index (Phi) is 16.1. The van der Waals surface area contributed by atoms with Gasteiger partial charge in [0.2, 0.25) is 11.2 Å². The van der Waals surface area contributed by atoms with Gasteiger partial charge in [-0.25, -0.2) is 0 Å². The van der Waals surface area contributed by atoms with Crippen LogP contribution in [0.2, 0.25) is 0 Å². The molecule has 2 amide bonds. The van der Waals surface area contributed by atoms with E-state index in [9.17, 15) is 29.4 Å². The summed E-state index contributed by atoms with van der Waals surface area (Å²) in [5.74, 6) is -7.71. The second kappa shape index (κ2) is 21.9. The lowest BCUT2D eigenvalue weighted by molar-refractivity contribution is -0.186. The van der Waals surface area contributed by atoms with E-state index in [1.165, 1.54) is 0 Å². The fraction of sp³-hybridized carbons (Fsp3) is 0.552. The maximum Gasteiger partial charge on any atom is 0.320 e. The SMILES string of the molecule is C=C1[C@@H](C)[C@H]2[C@H](Cc3ccccc3)NC(=O)[C@]23OC(=O)[C@@H](S[C@H]2CC(=O)CCC[C@@H](C)C/C=C/[C@H]4[C@H](O)C(=C)[C@@H](C)[C@H]5[C@H](Cc6ccccc6)NC(=O)[C@]54OC2=O)CC(=O)CCC[C@@H](C)C/C=C/[C@H]3[C@@H]1O. The van der Waals surface area contributed by atoms with Gasteiger partial charge in [0.05, 0.1) is 24.0 Å². The molecule has 2 saturated heterocycles. The van der Waals surface area contributed by atoms with Crippen molar-refractivity contribution in [3.05, 3.63) is 120 Å². The van der Waals surface area contributed by atoms with Crippen LogP contribution < -0.4 is 10.6 Å². The third-order valence-corrected chi connectivity index (χ3v) is 18.1. The van der Waals surface area contributed by atoms with Crippen molar-refractivity contribution in [2.24, 2.45) is 47.3 Å². The molecule has 2 saturated carbocycles. The molecular weight excluding hydrogens is 917 g/mol. The first-order chi connectivity index (χ1) is 34.0. The molecule has 13 heteroatoms. The van der Waals surface area contributed by atoms with E-state index in [0.717, 1.165) is 22.9 Å². The molecule has 0 aromatic heterocycles. The van der Waals surface area contributed by atoms with Crippen molar-refractivity contribution in [3.63, 3.8) is 0 Å². The Bertz CT molecular complexity index is 2260. The lowest BCUT2D eigenvalue weighted by Crippen LogP contribution is -2.62. The average Bonchev–Trinajstić information content (AvgIpc) is 3.77. The zero-order valence-corrected chi connectivity index (χ0v) is 42.5. The number of aliphatic hydroxyl groups excluding tert-OH is 2. The van der Waals surface area contributed by atoms with Crippen LogP contribution in [-0.2, 0) is 51.1 Å². The summed E-state index contributed by atoms with van der Waals surface area (Å²) in [7, 11) is 0. The van der Waals surface area contributed by atoms with E-state index in [2.05, 4.69) is 37.6 Å². The van der Waals surface area contributed by atoms with Crippen molar-refractivity contribution in [1.82, 2.24) is 10.6 Å². The third-order valence-electron chi connectivity index (χ3n) is 16.8. The molecule has 12 nitrogen and oxygen atoms in total. The molecular formula is C58H72N2O10S. The van der Waals surface area contributed by atoms with Crippen LogP contribution in [0.1, 0.15) is 103 Å². The van der Waals surface area contributed by atoms with Crippen LogP contribution >= 0.6 is 11.8 Å². The number of aliphatic hydroxyl groups is 2. The number of thioether (sulfide) groups is 1. The highest BCUT2D eigenvalue weighted by molar-refractivity contribution is 8.01. The van der Waals surface area contributed by atoms with E-state index in [4.69, 9.17) is 9.47 Å². The minimum absolute atomic E-state index is 0.150. The van der Waals surface area contributed by atoms with Gasteiger partial charge in [0, 0.05) is 49.6 Å². The monoisotopic (exact) mass is 988 g/mol. The number of hydrogen-bond acceptors (Lipinski definition) is 11. The van der Waals surface area contributed by atoms with Gasteiger partial charge in [-0.1, -0.05) is 126 Å². The second-order valence-electron chi connectivity index (χ2n) is 21.6. The van der Waals surface area contributed by atoms with Gasteiger partial charge in [-0.15, -0.1) is 11.8 Å². The van der Waals surface area contributed by atoms with Gasteiger partial charge in [-0.3, -0.25) is 28.8 Å². The van der Waals surface area contributed by atoms with Gasteiger partial charge >= 0.3 is 11.9 Å². The molecule has 16 atom stereocenters. The number of ether oxygens (including phenoxy) is 2. The van der Waals surface area contributed by atoms with Crippen LogP contribution in [0.4, 0.5) is 0 Å². The number of carbonyl (C=O) groups excluding carboxylic acids is 6. The van der Waals surface area contributed by atoms with Gasteiger partial charge in [-0.05, 0) is 97.3 Å². The van der Waals surface area contributed by atoms with E-state index in [1.807, 2.05) is 86.7 Å². The number of nitrogens with one attached hydrogen (secondary N) is 2. The summed E-state index contributed by atoms with van der Waals surface area (Å²) in [4.78, 5) is 88.8. The van der Waals surface area contributed by atoms with Crippen molar-refractivity contribution in [2.75, 3.05) is 0 Å². The van der Waals surface area contributed by atoms with Gasteiger partial charge < -0.3 is 30.3 Å². The van der Waals surface area contributed by atoms with Crippen LogP contribution in [0, 0.1) is 47.3 Å². The highest BCUT2D eigenvalue weighted by atomic mass is 32.2. The number of rotatable bonds is 6. The van der Waals surface area contributed by atoms with Crippen molar-refractivity contribution in [2.45, 2.75) is 151 Å². The molecule has 8 rings (SSSR count). The molecule has 6 aliphatic rings. The maximum atomic E-state index is 15.4. The van der Waals surface area contributed by atoms with Gasteiger partial charge in [0.15, 0.2) is 0 Å². The number of carbonyl (C=O) groups is 6. The Morgan fingerprint density at radius 1 is 0.606 bits per heavy atom. The topological polar surface area (TPSA) is 185 Å². The number of ketones is 2. The molecule has 0 radical (unpaired) electrons. The van der Waals surface area contributed by atoms with Crippen LogP contribution in [-0.4, -0.2) is 91.5 Å². The highest BCUT2D eigenvalue weighted by Crippen LogP contribution is 2.55. The number of hydrogen-bond donors (Lipinski definition) is 4. The smallest absolute Gasteiger partial charge is 0.320 e.